The minimum absolute atomic E-state index is 0.157. The van der Waals surface area contributed by atoms with Crippen LogP contribution in [0.25, 0.3) is 0 Å². The van der Waals surface area contributed by atoms with Gasteiger partial charge < -0.3 is 5.32 Å². The average molecular weight is 286 g/mol. The summed E-state index contributed by atoms with van der Waals surface area (Å²) in [5, 5.41) is 7.34. The number of rotatable bonds is 4. The van der Waals surface area contributed by atoms with Gasteiger partial charge in [0, 0.05) is 6.42 Å². The zero-order valence-electron chi connectivity index (χ0n) is 10.2. The number of halogens is 1. The smallest absolute Gasteiger partial charge is 0.238 e. The molecule has 1 aromatic carbocycles. The van der Waals surface area contributed by atoms with E-state index in [0.717, 1.165) is 37.5 Å². The summed E-state index contributed by atoms with van der Waals surface area (Å²) in [5.74, 6) is -0.644. The van der Waals surface area contributed by atoms with Crippen molar-refractivity contribution in [3.63, 3.8) is 0 Å². The first-order chi connectivity index (χ1) is 8.86. The van der Waals surface area contributed by atoms with Crippen molar-refractivity contribution >= 4 is 21.6 Å². The second kappa shape index (κ2) is 5.26. The van der Waals surface area contributed by atoms with Crippen LogP contribution in [0.15, 0.2) is 23.1 Å². The Morgan fingerprint density at radius 3 is 2.63 bits per heavy atom. The molecule has 0 aliphatic heterocycles. The van der Waals surface area contributed by atoms with Gasteiger partial charge in [-0.05, 0) is 37.0 Å². The monoisotopic (exact) mass is 286 g/mol. The minimum atomic E-state index is -3.91. The number of carbonyl (C=O) groups excluding carboxylic acids is 1. The van der Waals surface area contributed by atoms with Gasteiger partial charge in [0.15, 0.2) is 0 Å². The summed E-state index contributed by atoms with van der Waals surface area (Å²) in [5.41, 5.74) is -0.157. The standard InChI is InChI=1S/C12H15FN2O3S/c13-10-5-4-9(19(14,17)18)7-11(10)15-12(16)6-8-2-1-3-8/h4-5,7-8H,1-3,6H2,(H,15,16)(H2,14,17,18). The zero-order chi connectivity index (χ0) is 14.0. The minimum Gasteiger partial charge on any atom is -0.324 e. The van der Waals surface area contributed by atoms with Crippen molar-refractivity contribution in [2.24, 2.45) is 11.1 Å². The van der Waals surface area contributed by atoms with Crippen molar-refractivity contribution in [1.82, 2.24) is 0 Å². The van der Waals surface area contributed by atoms with Crippen molar-refractivity contribution in [2.45, 2.75) is 30.6 Å². The van der Waals surface area contributed by atoms with Crippen molar-refractivity contribution in [1.29, 1.82) is 0 Å². The summed E-state index contributed by atoms with van der Waals surface area (Å²) in [6.45, 7) is 0. The van der Waals surface area contributed by atoms with Crippen LogP contribution in [-0.2, 0) is 14.8 Å². The van der Waals surface area contributed by atoms with E-state index in [1.54, 1.807) is 0 Å². The highest BCUT2D eigenvalue weighted by molar-refractivity contribution is 7.89. The maximum Gasteiger partial charge on any atom is 0.238 e. The van der Waals surface area contributed by atoms with E-state index in [2.05, 4.69) is 5.32 Å². The van der Waals surface area contributed by atoms with Gasteiger partial charge in [-0.15, -0.1) is 0 Å². The van der Waals surface area contributed by atoms with Crippen molar-refractivity contribution in [2.75, 3.05) is 5.32 Å². The molecule has 0 atom stereocenters. The molecule has 0 aromatic heterocycles. The molecule has 3 N–H and O–H groups in total. The molecule has 19 heavy (non-hydrogen) atoms. The number of benzene rings is 1. The van der Waals surface area contributed by atoms with E-state index in [0.29, 0.717) is 12.3 Å². The summed E-state index contributed by atoms with van der Waals surface area (Å²) in [6.07, 6.45) is 3.46. The molecule has 7 heteroatoms. The second-order valence-corrected chi connectivity index (χ2v) is 6.30. The number of anilines is 1. The first-order valence-electron chi connectivity index (χ1n) is 5.98. The van der Waals surface area contributed by atoms with Gasteiger partial charge in [-0.3, -0.25) is 4.79 Å². The lowest BCUT2D eigenvalue weighted by atomic mass is 9.83. The van der Waals surface area contributed by atoms with Crippen molar-refractivity contribution in [3.05, 3.63) is 24.0 Å². The summed E-state index contributed by atoms with van der Waals surface area (Å²) >= 11 is 0. The molecule has 1 saturated carbocycles. The fourth-order valence-electron chi connectivity index (χ4n) is 1.94. The molecule has 1 fully saturated rings. The molecule has 0 unspecified atom stereocenters. The summed E-state index contributed by atoms with van der Waals surface area (Å²) < 4.78 is 35.8. The number of sulfonamides is 1. The predicted molar refractivity (Wildman–Crippen MR) is 68.4 cm³/mol. The van der Waals surface area contributed by atoms with Crippen LogP contribution in [0, 0.1) is 11.7 Å². The Labute approximate surface area is 111 Å². The van der Waals surface area contributed by atoms with Crippen LogP contribution >= 0.6 is 0 Å². The number of nitrogens with two attached hydrogens (primary N) is 1. The van der Waals surface area contributed by atoms with Crippen LogP contribution in [0.3, 0.4) is 0 Å². The third-order valence-corrected chi connectivity index (χ3v) is 4.15. The van der Waals surface area contributed by atoms with Gasteiger partial charge in [0.05, 0.1) is 10.6 Å². The maximum absolute atomic E-state index is 13.5. The lowest BCUT2D eigenvalue weighted by Gasteiger charge is -2.24. The van der Waals surface area contributed by atoms with Gasteiger partial charge in [0.2, 0.25) is 15.9 Å². The van der Waals surface area contributed by atoms with Crippen molar-refractivity contribution < 1.29 is 17.6 Å². The van der Waals surface area contributed by atoms with E-state index in [-0.39, 0.29) is 16.5 Å². The molecule has 1 aliphatic carbocycles. The third-order valence-electron chi connectivity index (χ3n) is 3.24. The summed E-state index contributed by atoms with van der Waals surface area (Å²) in [7, 11) is -3.91. The van der Waals surface area contributed by atoms with Crippen LogP contribution in [0.5, 0.6) is 0 Å². The number of hydrogen-bond donors (Lipinski definition) is 2. The fraction of sp³-hybridized carbons (Fsp3) is 0.417. The fourth-order valence-corrected chi connectivity index (χ4v) is 2.48. The van der Waals surface area contributed by atoms with Gasteiger partial charge >= 0.3 is 0 Å². The van der Waals surface area contributed by atoms with Crippen LogP contribution in [-0.4, -0.2) is 14.3 Å². The van der Waals surface area contributed by atoms with E-state index >= 15 is 0 Å². The lowest BCUT2D eigenvalue weighted by Crippen LogP contribution is -2.21. The van der Waals surface area contributed by atoms with E-state index in [1.165, 1.54) is 0 Å². The molecule has 0 spiro atoms. The maximum atomic E-state index is 13.5. The van der Waals surface area contributed by atoms with Gasteiger partial charge in [-0.2, -0.15) is 0 Å². The first kappa shape index (κ1) is 14.0. The highest BCUT2D eigenvalue weighted by atomic mass is 32.2. The van der Waals surface area contributed by atoms with Crippen LogP contribution in [0.2, 0.25) is 0 Å². The molecule has 0 saturated heterocycles. The van der Waals surface area contributed by atoms with E-state index in [4.69, 9.17) is 5.14 Å². The Morgan fingerprint density at radius 1 is 1.42 bits per heavy atom. The van der Waals surface area contributed by atoms with Crippen LogP contribution in [0.4, 0.5) is 10.1 Å². The number of carbonyl (C=O) groups is 1. The zero-order valence-corrected chi connectivity index (χ0v) is 11.0. The molecule has 2 rings (SSSR count). The highest BCUT2D eigenvalue weighted by Crippen LogP contribution is 2.29. The van der Waals surface area contributed by atoms with E-state index in [9.17, 15) is 17.6 Å². The van der Waals surface area contributed by atoms with Gasteiger partial charge in [0.1, 0.15) is 5.82 Å². The Bertz CT molecular complexity index is 597. The lowest BCUT2D eigenvalue weighted by molar-refractivity contribution is -0.117. The van der Waals surface area contributed by atoms with Gasteiger partial charge in [0.25, 0.3) is 0 Å². The summed E-state index contributed by atoms with van der Waals surface area (Å²) in [4.78, 5) is 11.4. The Hall–Kier alpha value is -1.47. The third kappa shape index (κ3) is 3.51. The first-order valence-corrected chi connectivity index (χ1v) is 7.53. The molecular formula is C12H15FN2O3S. The Kier molecular flexibility index (Phi) is 3.86. The van der Waals surface area contributed by atoms with Gasteiger partial charge in [-0.1, -0.05) is 6.42 Å². The topological polar surface area (TPSA) is 89.3 Å². The van der Waals surface area contributed by atoms with E-state index in [1.807, 2.05) is 0 Å². The Morgan fingerprint density at radius 2 is 2.11 bits per heavy atom. The van der Waals surface area contributed by atoms with Crippen molar-refractivity contribution in [3.8, 4) is 0 Å². The second-order valence-electron chi connectivity index (χ2n) is 4.74. The highest BCUT2D eigenvalue weighted by Gasteiger charge is 2.21. The normalized spacial score (nSPS) is 15.9. The number of amides is 1. The predicted octanol–water partition coefficient (Wildman–Crippen LogP) is 1.60. The number of primary sulfonamides is 1. The molecular weight excluding hydrogens is 271 g/mol. The SMILES string of the molecule is NS(=O)(=O)c1ccc(F)c(NC(=O)CC2CCC2)c1. The molecule has 1 amide bonds. The van der Waals surface area contributed by atoms with Gasteiger partial charge in [-0.25, -0.2) is 17.9 Å². The molecule has 0 radical (unpaired) electrons. The van der Waals surface area contributed by atoms with E-state index < -0.39 is 15.8 Å². The quantitative estimate of drug-likeness (QED) is 0.881. The number of hydrogen-bond acceptors (Lipinski definition) is 3. The molecule has 0 bridgehead atoms. The summed E-state index contributed by atoms with van der Waals surface area (Å²) in [6, 6.07) is 3.06. The number of nitrogens with one attached hydrogen (secondary N) is 1. The molecule has 1 aromatic rings. The molecule has 5 nitrogen and oxygen atoms in total. The largest absolute Gasteiger partial charge is 0.324 e. The van der Waals surface area contributed by atoms with Crippen LogP contribution < -0.4 is 10.5 Å². The molecule has 0 heterocycles. The Balaban J connectivity index is 2.12. The average Bonchev–Trinajstić information content (AvgIpc) is 2.25. The molecule has 104 valence electrons. The van der Waals surface area contributed by atoms with Crippen LogP contribution in [0.1, 0.15) is 25.7 Å². The molecule has 1 aliphatic rings.